The van der Waals surface area contributed by atoms with E-state index in [4.69, 9.17) is 15.3 Å². The van der Waals surface area contributed by atoms with Gasteiger partial charge in [0.05, 0.1) is 35.4 Å². The number of amides is 2. The molecule has 2 aliphatic heterocycles. The molecule has 2 aromatic carbocycles. The molecule has 0 saturated carbocycles. The predicted octanol–water partition coefficient (Wildman–Crippen LogP) is 3.85. The zero-order valence-electron chi connectivity index (χ0n) is 23.1. The molecule has 5 rings (SSSR count). The molecule has 9 nitrogen and oxygen atoms in total. The minimum atomic E-state index is -1.37. The van der Waals surface area contributed by atoms with Gasteiger partial charge in [-0.2, -0.15) is 10.5 Å². The number of benzene rings is 2. The van der Waals surface area contributed by atoms with Crippen LogP contribution in [0, 0.1) is 22.7 Å². The van der Waals surface area contributed by atoms with Crippen molar-refractivity contribution in [2.75, 3.05) is 26.2 Å². The van der Waals surface area contributed by atoms with E-state index in [1.54, 1.807) is 30.3 Å². The standard InChI is InChI=1S/C32H31FN6O3/c33-28-21-39(16-13-30(28)42-27-8-5-23(18-35)6-9-27)32(41)25-7-10-29(36-19-25)31(40)37-26-11-14-38(15-12-26)20-24-3-1-22(17-34)2-4-24/h1-10,19,26,28,30H,11-16,20-21H2,(H,37,40). The van der Waals surface area contributed by atoms with Gasteiger partial charge in [0.25, 0.3) is 11.8 Å². The molecule has 2 unspecified atom stereocenters. The van der Waals surface area contributed by atoms with Gasteiger partial charge in [0, 0.05) is 44.8 Å². The van der Waals surface area contributed by atoms with Crippen molar-refractivity contribution in [2.24, 2.45) is 0 Å². The second kappa shape index (κ2) is 13.2. The molecule has 3 aromatic rings. The van der Waals surface area contributed by atoms with Gasteiger partial charge in [-0.15, -0.1) is 0 Å². The summed E-state index contributed by atoms with van der Waals surface area (Å²) in [5.74, 6) is -0.152. The summed E-state index contributed by atoms with van der Waals surface area (Å²) < 4.78 is 20.7. The number of alkyl halides is 1. The molecule has 2 saturated heterocycles. The van der Waals surface area contributed by atoms with Crippen molar-refractivity contribution in [3.8, 4) is 17.9 Å². The smallest absolute Gasteiger partial charge is 0.270 e. The number of halogens is 1. The van der Waals surface area contributed by atoms with Crippen molar-refractivity contribution in [1.82, 2.24) is 20.1 Å². The van der Waals surface area contributed by atoms with Crippen LogP contribution in [-0.4, -0.2) is 71.1 Å². The van der Waals surface area contributed by atoms with Gasteiger partial charge in [0.2, 0.25) is 0 Å². The lowest BCUT2D eigenvalue weighted by molar-refractivity contribution is 0.0202. The van der Waals surface area contributed by atoms with Gasteiger partial charge in [-0.3, -0.25) is 19.5 Å². The maximum Gasteiger partial charge on any atom is 0.270 e. The van der Waals surface area contributed by atoms with Crippen LogP contribution in [0.25, 0.3) is 0 Å². The van der Waals surface area contributed by atoms with Crippen molar-refractivity contribution >= 4 is 11.8 Å². The molecule has 0 bridgehead atoms. The maximum atomic E-state index is 14.9. The zero-order chi connectivity index (χ0) is 29.5. The molecule has 2 aliphatic rings. The zero-order valence-corrected chi connectivity index (χ0v) is 23.1. The Kier molecular flexibility index (Phi) is 9.05. The summed E-state index contributed by atoms with van der Waals surface area (Å²) in [6.07, 6.45) is 1.26. The van der Waals surface area contributed by atoms with Gasteiger partial charge >= 0.3 is 0 Å². The fraction of sp³-hybridized carbons (Fsp3) is 0.344. The molecular formula is C32H31FN6O3. The number of piperidine rings is 2. The topological polar surface area (TPSA) is 122 Å². The Bertz CT molecular complexity index is 1470. The molecule has 10 heteroatoms. The van der Waals surface area contributed by atoms with E-state index in [0.29, 0.717) is 35.4 Å². The quantitative estimate of drug-likeness (QED) is 0.461. The average molecular weight is 567 g/mol. The average Bonchev–Trinajstić information content (AvgIpc) is 3.03. The lowest BCUT2D eigenvalue weighted by Gasteiger charge is -2.34. The highest BCUT2D eigenvalue weighted by atomic mass is 19.1. The van der Waals surface area contributed by atoms with Crippen LogP contribution in [0.5, 0.6) is 5.75 Å². The van der Waals surface area contributed by atoms with Gasteiger partial charge in [-0.25, -0.2) is 4.39 Å². The van der Waals surface area contributed by atoms with E-state index in [-0.39, 0.29) is 30.1 Å². The molecule has 0 radical (unpaired) electrons. The van der Waals surface area contributed by atoms with E-state index in [0.717, 1.165) is 38.0 Å². The molecule has 2 amide bonds. The summed E-state index contributed by atoms with van der Waals surface area (Å²) in [6.45, 7) is 2.71. The summed E-state index contributed by atoms with van der Waals surface area (Å²) in [4.78, 5) is 33.8. The van der Waals surface area contributed by atoms with E-state index < -0.39 is 12.3 Å². The third-order valence-electron chi connectivity index (χ3n) is 7.69. The lowest BCUT2D eigenvalue weighted by Crippen LogP contribution is -2.49. The second-order valence-corrected chi connectivity index (χ2v) is 10.6. The van der Waals surface area contributed by atoms with Crippen LogP contribution in [0.15, 0.2) is 66.9 Å². The van der Waals surface area contributed by atoms with Gasteiger partial charge in [0.1, 0.15) is 17.5 Å². The number of likely N-dealkylation sites (tertiary alicyclic amines) is 2. The highest BCUT2D eigenvalue weighted by Gasteiger charge is 2.33. The third kappa shape index (κ3) is 7.09. The summed E-state index contributed by atoms with van der Waals surface area (Å²) in [7, 11) is 0. The van der Waals surface area contributed by atoms with Crippen LogP contribution in [0.4, 0.5) is 4.39 Å². The van der Waals surface area contributed by atoms with Crippen molar-refractivity contribution in [3.63, 3.8) is 0 Å². The number of pyridine rings is 1. The Morgan fingerprint density at radius 2 is 1.60 bits per heavy atom. The molecular weight excluding hydrogens is 535 g/mol. The number of nitrogens with zero attached hydrogens (tertiary/aromatic N) is 5. The van der Waals surface area contributed by atoms with Crippen molar-refractivity contribution < 1.29 is 18.7 Å². The molecule has 0 spiro atoms. The van der Waals surface area contributed by atoms with Crippen LogP contribution in [0.3, 0.4) is 0 Å². The molecule has 1 aromatic heterocycles. The van der Waals surface area contributed by atoms with Gasteiger partial charge in [-0.1, -0.05) is 12.1 Å². The first-order chi connectivity index (χ1) is 20.4. The monoisotopic (exact) mass is 566 g/mol. The number of nitrogens with one attached hydrogen (secondary N) is 1. The normalized spacial score (nSPS) is 19.4. The maximum absolute atomic E-state index is 14.9. The Labute approximate surface area is 244 Å². The Hall–Kier alpha value is -4.80. The summed E-state index contributed by atoms with van der Waals surface area (Å²) in [6, 6.07) is 21.3. The number of hydrogen-bond acceptors (Lipinski definition) is 7. The Balaban J connectivity index is 1.07. The number of rotatable bonds is 7. The minimum absolute atomic E-state index is 0.0344. The van der Waals surface area contributed by atoms with Crippen molar-refractivity contribution in [1.29, 1.82) is 10.5 Å². The predicted molar refractivity (Wildman–Crippen MR) is 152 cm³/mol. The molecule has 2 fully saturated rings. The van der Waals surface area contributed by atoms with Crippen LogP contribution in [0.2, 0.25) is 0 Å². The van der Waals surface area contributed by atoms with Gasteiger partial charge < -0.3 is 15.0 Å². The van der Waals surface area contributed by atoms with Crippen molar-refractivity contribution in [2.45, 2.75) is 44.1 Å². The number of nitriles is 2. The van der Waals surface area contributed by atoms with E-state index in [1.807, 2.05) is 30.3 Å². The largest absolute Gasteiger partial charge is 0.487 e. The first-order valence-corrected chi connectivity index (χ1v) is 14.0. The summed E-state index contributed by atoms with van der Waals surface area (Å²) in [5, 5.41) is 20.9. The number of carbonyl (C=O) groups is 2. The first kappa shape index (κ1) is 28.7. The Morgan fingerprint density at radius 3 is 2.19 bits per heavy atom. The minimum Gasteiger partial charge on any atom is -0.487 e. The fourth-order valence-corrected chi connectivity index (χ4v) is 5.26. The molecule has 42 heavy (non-hydrogen) atoms. The van der Waals surface area contributed by atoms with Crippen LogP contribution >= 0.6 is 0 Å². The summed E-state index contributed by atoms with van der Waals surface area (Å²) >= 11 is 0. The van der Waals surface area contributed by atoms with E-state index >= 15 is 0 Å². The number of carbonyl (C=O) groups excluding carboxylic acids is 2. The second-order valence-electron chi connectivity index (χ2n) is 10.6. The summed E-state index contributed by atoms with van der Waals surface area (Å²) in [5.41, 5.74) is 2.81. The Morgan fingerprint density at radius 1 is 0.929 bits per heavy atom. The third-order valence-corrected chi connectivity index (χ3v) is 7.69. The molecule has 3 heterocycles. The first-order valence-electron chi connectivity index (χ1n) is 14.0. The van der Waals surface area contributed by atoms with Crippen LogP contribution in [0.1, 0.15) is 56.8 Å². The highest BCUT2D eigenvalue weighted by Crippen LogP contribution is 2.23. The van der Waals surface area contributed by atoms with E-state index in [2.05, 4.69) is 21.3 Å². The van der Waals surface area contributed by atoms with Crippen molar-refractivity contribution in [3.05, 3.63) is 94.8 Å². The molecule has 0 aliphatic carbocycles. The number of hydrogen-bond donors (Lipinski definition) is 1. The lowest BCUT2D eigenvalue weighted by atomic mass is 10.0. The molecule has 1 N–H and O–H groups in total. The SMILES string of the molecule is N#Cc1ccc(CN2CCC(NC(=O)c3ccc(C(=O)N4CCC(Oc5ccc(C#N)cc5)C(F)C4)cn3)CC2)cc1. The van der Waals surface area contributed by atoms with Gasteiger partial charge in [0.15, 0.2) is 6.17 Å². The van der Waals surface area contributed by atoms with Crippen LogP contribution in [-0.2, 0) is 6.54 Å². The molecule has 214 valence electrons. The van der Waals surface area contributed by atoms with E-state index in [9.17, 15) is 14.0 Å². The van der Waals surface area contributed by atoms with Crippen LogP contribution < -0.4 is 10.1 Å². The highest BCUT2D eigenvalue weighted by molar-refractivity contribution is 5.96. The fourth-order valence-electron chi connectivity index (χ4n) is 5.26. The van der Waals surface area contributed by atoms with Gasteiger partial charge in [-0.05, 0) is 66.9 Å². The van der Waals surface area contributed by atoms with E-state index in [1.165, 1.54) is 17.2 Å². The number of aromatic nitrogens is 1. The molecule has 2 atom stereocenters. The number of ether oxygens (including phenoxy) is 1.